The lowest BCUT2D eigenvalue weighted by atomic mass is 9.92. The normalized spacial score (nSPS) is 21.4. The molecule has 0 unspecified atom stereocenters. The SMILES string of the molecule is C[C@H]1C[C@@H](C(=O)Nc2cccc(CCC(F)(F)F)c2)CCN1.Cl. The summed E-state index contributed by atoms with van der Waals surface area (Å²) in [5.41, 5.74) is 1.14. The second-order valence-corrected chi connectivity index (χ2v) is 5.88. The van der Waals surface area contributed by atoms with Gasteiger partial charge >= 0.3 is 6.18 Å². The molecule has 7 heteroatoms. The van der Waals surface area contributed by atoms with Crippen LogP contribution in [-0.4, -0.2) is 24.7 Å². The molecule has 2 atom stereocenters. The van der Waals surface area contributed by atoms with Crippen molar-refractivity contribution in [2.45, 2.75) is 44.8 Å². The van der Waals surface area contributed by atoms with E-state index in [0.29, 0.717) is 17.3 Å². The minimum atomic E-state index is -4.16. The summed E-state index contributed by atoms with van der Waals surface area (Å²) in [6.45, 7) is 2.85. The molecule has 1 aliphatic heterocycles. The molecular weight excluding hydrogens is 329 g/mol. The number of carbonyl (C=O) groups is 1. The average molecular weight is 351 g/mol. The Bertz CT molecular complexity index is 522. The molecule has 0 aliphatic carbocycles. The van der Waals surface area contributed by atoms with Gasteiger partial charge in [0.2, 0.25) is 5.91 Å². The average Bonchev–Trinajstić information content (AvgIpc) is 2.45. The van der Waals surface area contributed by atoms with E-state index in [-0.39, 0.29) is 30.7 Å². The van der Waals surface area contributed by atoms with Crippen molar-refractivity contribution in [2.75, 3.05) is 11.9 Å². The van der Waals surface area contributed by atoms with Crippen LogP contribution in [0.15, 0.2) is 24.3 Å². The van der Waals surface area contributed by atoms with Gasteiger partial charge in [-0.15, -0.1) is 12.4 Å². The number of anilines is 1. The molecule has 130 valence electrons. The van der Waals surface area contributed by atoms with Crippen LogP contribution >= 0.6 is 12.4 Å². The van der Waals surface area contributed by atoms with E-state index in [1.807, 2.05) is 6.92 Å². The zero-order valence-electron chi connectivity index (χ0n) is 13.0. The van der Waals surface area contributed by atoms with Crippen LogP contribution < -0.4 is 10.6 Å². The summed E-state index contributed by atoms with van der Waals surface area (Å²) in [4.78, 5) is 12.2. The number of rotatable bonds is 4. The van der Waals surface area contributed by atoms with Gasteiger partial charge in [0, 0.05) is 24.1 Å². The Morgan fingerprint density at radius 3 is 2.78 bits per heavy atom. The molecule has 2 N–H and O–H groups in total. The van der Waals surface area contributed by atoms with Gasteiger partial charge in [-0.25, -0.2) is 0 Å². The maximum Gasteiger partial charge on any atom is 0.389 e. The van der Waals surface area contributed by atoms with Gasteiger partial charge in [0.25, 0.3) is 0 Å². The van der Waals surface area contributed by atoms with Gasteiger partial charge in [-0.3, -0.25) is 4.79 Å². The molecule has 1 aromatic rings. The Labute approximate surface area is 140 Å². The predicted octanol–water partition coefficient (Wildman–Crippen LogP) is 3.93. The highest BCUT2D eigenvalue weighted by Gasteiger charge is 2.27. The minimum absolute atomic E-state index is 0. The summed E-state index contributed by atoms with van der Waals surface area (Å²) in [5.74, 6) is -0.101. The van der Waals surface area contributed by atoms with Crippen LogP contribution in [0.2, 0.25) is 0 Å². The maximum absolute atomic E-state index is 12.3. The van der Waals surface area contributed by atoms with Crippen LogP contribution in [0.1, 0.15) is 31.7 Å². The zero-order valence-corrected chi connectivity index (χ0v) is 13.8. The second kappa shape index (κ2) is 8.55. The standard InChI is InChI=1S/C16H21F3N2O.ClH/c1-11-9-13(6-8-20-11)15(22)21-14-4-2-3-12(10-14)5-7-16(17,18)19;/h2-4,10-11,13,20H,5-9H2,1H3,(H,21,22);1H/t11-,13-;/m0./s1. The van der Waals surface area contributed by atoms with Crippen molar-refractivity contribution < 1.29 is 18.0 Å². The van der Waals surface area contributed by atoms with Gasteiger partial charge in [-0.05, 0) is 50.4 Å². The van der Waals surface area contributed by atoms with Crippen molar-refractivity contribution in [1.82, 2.24) is 5.32 Å². The first-order valence-corrected chi connectivity index (χ1v) is 7.53. The molecule has 0 aromatic heterocycles. The summed E-state index contributed by atoms with van der Waals surface area (Å²) in [6.07, 6.45) is -3.53. The summed E-state index contributed by atoms with van der Waals surface area (Å²) in [6, 6.07) is 6.95. The molecule has 0 spiro atoms. The van der Waals surface area contributed by atoms with E-state index in [9.17, 15) is 18.0 Å². The van der Waals surface area contributed by atoms with Crippen LogP contribution in [0.3, 0.4) is 0 Å². The Hall–Kier alpha value is -1.27. The van der Waals surface area contributed by atoms with E-state index in [2.05, 4.69) is 10.6 Å². The lowest BCUT2D eigenvalue weighted by molar-refractivity contribution is -0.134. The number of halogens is 4. The van der Waals surface area contributed by atoms with Crippen LogP contribution in [0, 0.1) is 5.92 Å². The molecule has 0 saturated carbocycles. The molecule has 23 heavy (non-hydrogen) atoms. The van der Waals surface area contributed by atoms with E-state index < -0.39 is 12.6 Å². The van der Waals surface area contributed by atoms with Crippen LogP contribution in [0.4, 0.5) is 18.9 Å². The first kappa shape index (κ1) is 19.8. The fourth-order valence-electron chi connectivity index (χ4n) is 2.71. The van der Waals surface area contributed by atoms with Crippen LogP contribution in [-0.2, 0) is 11.2 Å². The number of aryl methyl sites for hydroxylation is 1. The lowest BCUT2D eigenvalue weighted by Gasteiger charge is -2.27. The highest BCUT2D eigenvalue weighted by molar-refractivity contribution is 5.92. The Morgan fingerprint density at radius 2 is 2.13 bits per heavy atom. The van der Waals surface area contributed by atoms with Crippen LogP contribution in [0.5, 0.6) is 0 Å². The van der Waals surface area contributed by atoms with Crippen molar-refractivity contribution >= 4 is 24.0 Å². The third-order valence-electron chi connectivity index (χ3n) is 3.89. The van der Waals surface area contributed by atoms with Gasteiger partial charge in [-0.1, -0.05) is 12.1 Å². The molecule has 0 bridgehead atoms. The fourth-order valence-corrected chi connectivity index (χ4v) is 2.71. The molecule has 1 saturated heterocycles. The number of benzene rings is 1. The van der Waals surface area contributed by atoms with Crippen LogP contribution in [0.25, 0.3) is 0 Å². The number of carbonyl (C=O) groups excluding carboxylic acids is 1. The predicted molar refractivity (Wildman–Crippen MR) is 86.9 cm³/mol. The Morgan fingerprint density at radius 1 is 1.39 bits per heavy atom. The van der Waals surface area contributed by atoms with Gasteiger partial charge < -0.3 is 10.6 Å². The van der Waals surface area contributed by atoms with Gasteiger partial charge in [0.15, 0.2) is 0 Å². The molecule has 1 fully saturated rings. The smallest absolute Gasteiger partial charge is 0.326 e. The van der Waals surface area contributed by atoms with Gasteiger partial charge in [0.05, 0.1) is 0 Å². The summed E-state index contributed by atoms with van der Waals surface area (Å²) < 4.78 is 36.8. The molecular formula is C16H22ClF3N2O. The van der Waals surface area contributed by atoms with E-state index in [1.54, 1.807) is 24.3 Å². The number of nitrogens with one attached hydrogen (secondary N) is 2. The summed E-state index contributed by atoms with van der Waals surface area (Å²) >= 11 is 0. The molecule has 1 aromatic carbocycles. The third-order valence-corrected chi connectivity index (χ3v) is 3.89. The van der Waals surface area contributed by atoms with E-state index in [4.69, 9.17) is 0 Å². The Kier molecular flexibility index (Phi) is 7.35. The monoisotopic (exact) mass is 350 g/mol. The number of piperidine rings is 1. The van der Waals surface area contributed by atoms with Crippen molar-refractivity contribution in [2.24, 2.45) is 5.92 Å². The molecule has 0 radical (unpaired) electrons. The van der Waals surface area contributed by atoms with Crippen molar-refractivity contribution in [1.29, 1.82) is 0 Å². The maximum atomic E-state index is 12.3. The quantitative estimate of drug-likeness (QED) is 0.863. The van der Waals surface area contributed by atoms with E-state index >= 15 is 0 Å². The van der Waals surface area contributed by atoms with Crippen molar-refractivity contribution in [3.05, 3.63) is 29.8 Å². The first-order valence-electron chi connectivity index (χ1n) is 7.53. The largest absolute Gasteiger partial charge is 0.389 e. The zero-order chi connectivity index (χ0) is 16.2. The summed E-state index contributed by atoms with van der Waals surface area (Å²) in [7, 11) is 0. The fraction of sp³-hybridized carbons (Fsp3) is 0.562. The minimum Gasteiger partial charge on any atom is -0.326 e. The second-order valence-electron chi connectivity index (χ2n) is 5.88. The van der Waals surface area contributed by atoms with Crippen molar-refractivity contribution in [3.8, 4) is 0 Å². The number of alkyl halides is 3. The topological polar surface area (TPSA) is 41.1 Å². The number of hydrogen-bond acceptors (Lipinski definition) is 2. The summed E-state index contributed by atoms with van der Waals surface area (Å²) in [5, 5.41) is 6.11. The lowest BCUT2D eigenvalue weighted by Crippen LogP contribution is -2.40. The number of amides is 1. The van der Waals surface area contributed by atoms with Gasteiger partial charge in [-0.2, -0.15) is 13.2 Å². The van der Waals surface area contributed by atoms with Gasteiger partial charge in [0.1, 0.15) is 0 Å². The highest BCUT2D eigenvalue weighted by Crippen LogP contribution is 2.24. The first-order chi connectivity index (χ1) is 10.3. The Balaban J connectivity index is 0.00000264. The molecule has 1 amide bonds. The van der Waals surface area contributed by atoms with Crippen molar-refractivity contribution in [3.63, 3.8) is 0 Å². The third kappa shape index (κ3) is 6.79. The van der Waals surface area contributed by atoms with E-state index in [0.717, 1.165) is 19.4 Å². The molecule has 2 rings (SSSR count). The number of hydrogen-bond donors (Lipinski definition) is 2. The molecule has 3 nitrogen and oxygen atoms in total. The molecule has 1 aliphatic rings. The van der Waals surface area contributed by atoms with E-state index in [1.165, 1.54) is 0 Å². The molecule has 1 heterocycles. The highest BCUT2D eigenvalue weighted by atomic mass is 35.5.